The summed E-state index contributed by atoms with van der Waals surface area (Å²) in [4.78, 5) is 21.5. The van der Waals surface area contributed by atoms with Crippen LogP contribution in [0.3, 0.4) is 0 Å². The molecule has 1 saturated heterocycles. The molecule has 3 heterocycles. The summed E-state index contributed by atoms with van der Waals surface area (Å²) < 4.78 is 16.9. The van der Waals surface area contributed by atoms with Crippen LogP contribution in [0.15, 0.2) is 36.7 Å². The number of ether oxygens (including phenoxy) is 3. The van der Waals surface area contributed by atoms with E-state index < -0.39 is 0 Å². The molecule has 0 spiro atoms. The maximum absolute atomic E-state index is 13.4. The second kappa shape index (κ2) is 10.0. The third-order valence-electron chi connectivity index (χ3n) is 6.07. The number of morpholine rings is 1. The largest absolute Gasteiger partial charge is 0.493 e. The molecule has 2 amide bonds. The van der Waals surface area contributed by atoms with E-state index in [2.05, 4.69) is 17.1 Å². The number of rotatable bonds is 6. The van der Waals surface area contributed by atoms with Crippen LogP contribution in [0, 0.1) is 0 Å². The highest BCUT2D eigenvalue weighted by Gasteiger charge is 2.34. The molecule has 2 aliphatic heterocycles. The predicted molar refractivity (Wildman–Crippen MR) is 118 cm³/mol. The van der Waals surface area contributed by atoms with Gasteiger partial charge in [0.25, 0.3) is 0 Å². The number of pyridine rings is 1. The number of amides is 2. The molecule has 1 aromatic heterocycles. The Morgan fingerprint density at radius 2 is 1.94 bits per heavy atom. The minimum atomic E-state index is -0.0163. The van der Waals surface area contributed by atoms with E-state index in [4.69, 9.17) is 14.2 Å². The number of aryl methyl sites for hydroxylation is 1. The van der Waals surface area contributed by atoms with E-state index >= 15 is 0 Å². The molecule has 1 aromatic carbocycles. The van der Waals surface area contributed by atoms with Gasteiger partial charge < -0.3 is 24.0 Å². The van der Waals surface area contributed by atoms with Crippen molar-refractivity contribution in [1.29, 1.82) is 0 Å². The van der Waals surface area contributed by atoms with Crippen molar-refractivity contribution in [2.75, 3.05) is 46.6 Å². The van der Waals surface area contributed by atoms with E-state index in [9.17, 15) is 4.79 Å². The fraction of sp³-hybridized carbons (Fsp3) is 0.500. The number of hydrogen-bond acceptors (Lipinski definition) is 5. The molecule has 0 saturated carbocycles. The first-order valence-electron chi connectivity index (χ1n) is 11.1. The van der Waals surface area contributed by atoms with Crippen molar-refractivity contribution < 1.29 is 19.0 Å². The summed E-state index contributed by atoms with van der Waals surface area (Å²) in [5.41, 5.74) is 3.61. The quantitative estimate of drug-likeness (QED) is 0.709. The Bertz CT molecular complexity index is 884. The Balaban J connectivity index is 1.65. The lowest BCUT2D eigenvalue weighted by atomic mass is 9.88. The van der Waals surface area contributed by atoms with Gasteiger partial charge in [0.1, 0.15) is 0 Å². The third kappa shape index (κ3) is 4.77. The number of nitrogens with zero attached hydrogens (tertiary/aromatic N) is 3. The minimum absolute atomic E-state index is 0.0163. The monoisotopic (exact) mass is 425 g/mol. The highest BCUT2D eigenvalue weighted by atomic mass is 16.5. The molecule has 2 aliphatic rings. The van der Waals surface area contributed by atoms with Gasteiger partial charge in [0.15, 0.2) is 11.5 Å². The number of fused-ring (bicyclic) bond motifs is 1. The zero-order chi connectivity index (χ0) is 21.6. The zero-order valence-electron chi connectivity index (χ0n) is 18.4. The van der Waals surface area contributed by atoms with Crippen LogP contribution in [0.25, 0.3) is 0 Å². The lowest BCUT2D eigenvalue weighted by Crippen LogP contribution is -2.51. The summed E-state index contributed by atoms with van der Waals surface area (Å²) >= 11 is 0. The highest BCUT2D eigenvalue weighted by Crippen LogP contribution is 2.40. The van der Waals surface area contributed by atoms with E-state index in [1.165, 1.54) is 11.1 Å². The first kappa shape index (κ1) is 21.4. The van der Waals surface area contributed by atoms with Gasteiger partial charge in [0.2, 0.25) is 0 Å². The number of aromatic nitrogens is 1. The Morgan fingerprint density at radius 1 is 1.16 bits per heavy atom. The lowest BCUT2D eigenvalue weighted by molar-refractivity contribution is 0.0376. The van der Waals surface area contributed by atoms with Gasteiger partial charge in [-0.1, -0.05) is 0 Å². The number of carbonyl (C=O) groups is 1. The number of hydrogen-bond donors (Lipinski definition) is 0. The molecule has 1 atom stereocenters. The number of carbonyl (C=O) groups excluding carboxylic acids is 1. The van der Waals surface area contributed by atoms with E-state index in [1.807, 2.05) is 41.2 Å². The molecular formula is C24H31N3O4. The van der Waals surface area contributed by atoms with Gasteiger partial charge in [0.05, 0.1) is 33.0 Å². The van der Waals surface area contributed by atoms with E-state index in [0.29, 0.717) is 39.5 Å². The number of methoxy groups -OCH3 is 1. The van der Waals surface area contributed by atoms with Crippen LogP contribution in [0.2, 0.25) is 0 Å². The van der Waals surface area contributed by atoms with E-state index in [-0.39, 0.29) is 12.1 Å². The molecule has 31 heavy (non-hydrogen) atoms. The minimum Gasteiger partial charge on any atom is -0.493 e. The first-order chi connectivity index (χ1) is 15.2. The fourth-order valence-corrected chi connectivity index (χ4v) is 4.47. The summed E-state index contributed by atoms with van der Waals surface area (Å²) in [5.74, 6) is 1.49. The molecule has 0 bridgehead atoms. The molecule has 0 N–H and O–H groups in total. The lowest BCUT2D eigenvalue weighted by Gasteiger charge is -2.41. The predicted octanol–water partition coefficient (Wildman–Crippen LogP) is 3.47. The van der Waals surface area contributed by atoms with Gasteiger partial charge in [-0.2, -0.15) is 0 Å². The summed E-state index contributed by atoms with van der Waals surface area (Å²) in [6, 6.07) is 8.32. The Kier molecular flexibility index (Phi) is 6.92. The van der Waals surface area contributed by atoms with Crippen LogP contribution >= 0.6 is 0 Å². The topological polar surface area (TPSA) is 64.1 Å². The van der Waals surface area contributed by atoms with Crippen LogP contribution in [-0.4, -0.2) is 67.4 Å². The van der Waals surface area contributed by atoms with Gasteiger partial charge in [-0.15, -0.1) is 0 Å². The maximum atomic E-state index is 13.4. The zero-order valence-corrected chi connectivity index (χ0v) is 18.4. The van der Waals surface area contributed by atoms with Gasteiger partial charge >= 0.3 is 6.03 Å². The number of urea groups is 1. The SMILES string of the molecule is CCOc1cc2c(cc1OC)CCN(C(=O)N1CCOCC1)C2CCc1ccncc1. The molecule has 0 aliphatic carbocycles. The van der Waals surface area contributed by atoms with Crippen molar-refractivity contribution >= 4 is 6.03 Å². The molecule has 0 radical (unpaired) electrons. The van der Waals surface area contributed by atoms with Crippen molar-refractivity contribution in [1.82, 2.24) is 14.8 Å². The van der Waals surface area contributed by atoms with Crippen LogP contribution in [0.1, 0.15) is 36.1 Å². The van der Waals surface area contributed by atoms with E-state index in [1.54, 1.807) is 7.11 Å². The van der Waals surface area contributed by atoms with Crippen molar-refractivity contribution in [2.45, 2.75) is 32.2 Å². The molecule has 2 aromatic rings. The van der Waals surface area contributed by atoms with Crippen molar-refractivity contribution in [3.63, 3.8) is 0 Å². The molecule has 166 valence electrons. The maximum Gasteiger partial charge on any atom is 0.320 e. The van der Waals surface area contributed by atoms with Crippen LogP contribution < -0.4 is 9.47 Å². The van der Waals surface area contributed by atoms with Crippen LogP contribution in [0.4, 0.5) is 4.79 Å². The third-order valence-corrected chi connectivity index (χ3v) is 6.07. The van der Waals surface area contributed by atoms with Gasteiger partial charge in [-0.3, -0.25) is 4.98 Å². The van der Waals surface area contributed by atoms with Gasteiger partial charge in [-0.25, -0.2) is 4.79 Å². The molecule has 1 fully saturated rings. The average molecular weight is 426 g/mol. The summed E-state index contributed by atoms with van der Waals surface area (Å²) in [6.45, 7) is 5.72. The normalized spacial score (nSPS) is 18.5. The second-order valence-electron chi connectivity index (χ2n) is 7.87. The van der Waals surface area contributed by atoms with Gasteiger partial charge in [-0.05, 0) is 67.1 Å². The molecule has 4 rings (SSSR count). The Hall–Kier alpha value is -2.80. The van der Waals surface area contributed by atoms with Crippen LogP contribution in [-0.2, 0) is 17.6 Å². The van der Waals surface area contributed by atoms with Crippen LogP contribution in [0.5, 0.6) is 11.5 Å². The fourth-order valence-electron chi connectivity index (χ4n) is 4.47. The standard InChI is InChI=1S/C24H31N3O4/c1-3-31-23-17-20-19(16-22(23)29-2)8-11-27(24(28)26-12-14-30-15-13-26)21(20)5-4-18-6-9-25-10-7-18/h6-7,9-10,16-17,21H,3-5,8,11-15H2,1-2H3. The van der Waals surface area contributed by atoms with Crippen molar-refractivity contribution in [2.24, 2.45) is 0 Å². The average Bonchev–Trinajstić information content (AvgIpc) is 2.83. The first-order valence-corrected chi connectivity index (χ1v) is 11.1. The summed E-state index contributed by atoms with van der Waals surface area (Å²) in [6.07, 6.45) is 6.15. The Morgan fingerprint density at radius 3 is 2.65 bits per heavy atom. The number of benzene rings is 1. The van der Waals surface area contributed by atoms with Crippen molar-refractivity contribution in [3.05, 3.63) is 53.3 Å². The smallest absolute Gasteiger partial charge is 0.320 e. The molecule has 7 heteroatoms. The summed E-state index contributed by atoms with van der Waals surface area (Å²) in [7, 11) is 1.67. The highest BCUT2D eigenvalue weighted by molar-refractivity contribution is 5.76. The molecular weight excluding hydrogens is 394 g/mol. The molecule has 7 nitrogen and oxygen atoms in total. The summed E-state index contributed by atoms with van der Waals surface area (Å²) in [5, 5.41) is 0. The molecule has 1 unspecified atom stereocenters. The Labute approximate surface area is 183 Å². The van der Waals surface area contributed by atoms with E-state index in [0.717, 1.165) is 36.3 Å². The van der Waals surface area contributed by atoms with Gasteiger partial charge in [0, 0.05) is 32.0 Å². The van der Waals surface area contributed by atoms with Crippen molar-refractivity contribution in [3.8, 4) is 11.5 Å². The second-order valence-corrected chi connectivity index (χ2v) is 7.87.